The van der Waals surface area contributed by atoms with E-state index in [-0.39, 0.29) is 0 Å². The van der Waals surface area contributed by atoms with E-state index in [1.54, 1.807) is 0 Å². The van der Waals surface area contributed by atoms with E-state index in [1.807, 2.05) is 11.3 Å². The number of hydrogen-bond donors (Lipinski definition) is 0. The number of para-hydroxylation sites is 3. The zero-order chi connectivity index (χ0) is 33.5. The molecule has 0 saturated heterocycles. The molecule has 2 nitrogen and oxygen atoms in total. The Morgan fingerprint density at radius 3 is 1.67 bits per heavy atom. The third kappa shape index (κ3) is 4.22. The van der Waals surface area contributed by atoms with Gasteiger partial charge in [-0.15, -0.1) is 11.3 Å². The largest absolute Gasteiger partial charge is 0.309 e. The summed E-state index contributed by atoms with van der Waals surface area (Å²) in [5.74, 6) is 0. The van der Waals surface area contributed by atoms with E-state index in [0.29, 0.717) is 0 Å². The minimum absolute atomic E-state index is 1.17. The van der Waals surface area contributed by atoms with Crippen molar-refractivity contribution < 1.29 is 0 Å². The lowest BCUT2D eigenvalue weighted by molar-refractivity contribution is 1.17. The minimum Gasteiger partial charge on any atom is -0.309 e. The molecule has 0 saturated carbocycles. The molecular weight excluding hydrogens is 637 g/mol. The molecule has 0 N–H and O–H groups in total. The van der Waals surface area contributed by atoms with Gasteiger partial charge in [0.25, 0.3) is 0 Å². The van der Waals surface area contributed by atoms with Gasteiger partial charge >= 0.3 is 0 Å². The summed E-state index contributed by atoms with van der Waals surface area (Å²) in [6, 6.07) is 66.6. The highest BCUT2D eigenvalue weighted by atomic mass is 32.1. The molecule has 0 unspecified atom stereocenters. The second kappa shape index (κ2) is 11.0. The molecule has 51 heavy (non-hydrogen) atoms. The minimum atomic E-state index is 1.17. The number of aromatic nitrogens is 2. The zero-order valence-corrected chi connectivity index (χ0v) is 28.4. The van der Waals surface area contributed by atoms with Crippen LogP contribution in [0.2, 0.25) is 0 Å². The van der Waals surface area contributed by atoms with Crippen molar-refractivity contribution >= 4 is 75.1 Å². The van der Waals surface area contributed by atoms with E-state index in [1.165, 1.54) is 97.4 Å². The molecule has 0 radical (unpaired) electrons. The first-order valence-corrected chi connectivity index (χ1v) is 18.3. The van der Waals surface area contributed by atoms with Crippen molar-refractivity contribution in [2.75, 3.05) is 0 Å². The van der Waals surface area contributed by atoms with Gasteiger partial charge in [0.2, 0.25) is 0 Å². The van der Waals surface area contributed by atoms with E-state index in [0.717, 1.165) is 0 Å². The Kier molecular flexibility index (Phi) is 6.16. The molecule has 0 atom stereocenters. The SMILES string of the molecule is c1ccc(-c2cccc(-c3ccc(-n4c5ccccc5c5cc(-n6c7ccccc7c7ccccc76)ccc54)c4c3sc3ccccc34)c2)cc1. The Bertz CT molecular complexity index is 3090. The topological polar surface area (TPSA) is 9.86 Å². The molecule has 0 spiro atoms. The van der Waals surface area contributed by atoms with Gasteiger partial charge in [0.1, 0.15) is 0 Å². The number of benzene rings is 8. The van der Waals surface area contributed by atoms with E-state index in [9.17, 15) is 0 Å². The van der Waals surface area contributed by atoms with Gasteiger partial charge < -0.3 is 9.13 Å². The molecule has 8 aromatic carbocycles. The molecule has 238 valence electrons. The quantitative estimate of drug-likeness (QED) is 0.177. The van der Waals surface area contributed by atoms with E-state index >= 15 is 0 Å². The van der Waals surface area contributed by atoms with E-state index in [2.05, 4.69) is 191 Å². The van der Waals surface area contributed by atoms with Crippen LogP contribution in [-0.2, 0) is 0 Å². The average Bonchev–Trinajstić information content (AvgIpc) is 3.86. The van der Waals surface area contributed by atoms with Crippen molar-refractivity contribution in [3.63, 3.8) is 0 Å². The summed E-state index contributed by atoms with van der Waals surface area (Å²) in [4.78, 5) is 0. The Morgan fingerprint density at radius 2 is 0.922 bits per heavy atom. The normalized spacial score (nSPS) is 11.9. The summed E-state index contributed by atoms with van der Waals surface area (Å²) in [6.45, 7) is 0. The van der Waals surface area contributed by atoms with Gasteiger partial charge in [-0.25, -0.2) is 0 Å². The highest BCUT2D eigenvalue weighted by molar-refractivity contribution is 7.26. The molecule has 3 heterocycles. The van der Waals surface area contributed by atoms with Crippen molar-refractivity contribution in [2.45, 2.75) is 0 Å². The van der Waals surface area contributed by atoms with Gasteiger partial charge in [0, 0.05) is 47.4 Å². The Labute approximate surface area is 298 Å². The number of hydrogen-bond acceptors (Lipinski definition) is 1. The maximum Gasteiger partial charge on any atom is 0.0555 e. The van der Waals surface area contributed by atoms with Crippen molar-refractivity contribution in [3.05, 3.63) is 182 Å². The summed E-state index contributed by atoms with van der Waals surface area (Å²) >= 11 is 1.89. The Balaban J connectivity index is 1.18. The van der Waals surface area contributed by atoms with Crippen LogP contribution in [0.5, 0.6) is 0 Å². The van der Waals surface area contributed by atoms with Crippen LogP contribution >= 0.6 is 11.3 Å². The second-order valence-electron chi connectivity index (χ2n) is 13.3. The van der Waals surface area contributed by atoms with Crippen LogP contribution in [-0.4, -0.2) is 9.13 Å². The molecule has 0 amide bonds. The predicted molar refractivity (Wildman–Crippen MR) is 219 cm³/mol. The van der Waals surface area contributed by atoms with Gasteiger partial charge in [-0.1, -0.05) is 127 Å². The second-order valence-corrected chi connectivity index (χ2v) is 14.4. The molecule has 0 aliphatic heterocycles. The maximum atomic E-state index is 2.49. The van der Waals surface area contributed by atoms with Crippen LogP contribution in [0.4, 0.5) is 0 Å². The summed E-state index contributed by atoms with van der Waals surface area (Å²) in [7, 11) is 0. The molecule has 3 heteroatoms. The van der Waals surface area contributed by atoms with Gasteiger partial charge in [0.15, 0.2) is 0 Å². The van der Waals surface area contributed by atoms with E-state index in [4.69, 9.17) is 0 Å². The van der Waals surface area contributed by atoms with Gasteiger partial charge in [0.05, 0.1) is 27.8 Å². The first-order valence-electron chi connectivity index (χ1n) is 17.4. The predicted octanol–water partition coefficient (Wildman–Crippen LogP) is 13.6. The zero-order valence-electron chi connectivity index (χ0n) is 27.6. The van der Waals surface area contributed by atoms with Crippen LogP contribution < -0.4 is 0 Å². The van der Waals surface area contributed by atoms with Gasteiger partial charge in [-0.05, 0) is 76.9 Å². The fourth-order valence-electron chi connectivity index (χ4n) is 8.28. The highest BCUT2D eigenvalue weighted by Crippen LogP contribution is 2.46. The first-order chi connectivity index (χ1) is 25.3. The summed E-state index contributed by atoms with van der Waals surface area (Å²) < 4.78 is 7.52. The van der Waals surface area contributed by atoms with Crippen LogP contribution in [0.15, 0.2) is 182 Å². The maximum absolute atomic E-state index is 2.49. The van der Waals surface area contributed by atoms with Crippen molar-refractivity contribution in [2.24, 2.45) is 0 Å². The fourth-order valence-corrected chi connectivity index (χ4v) is 9.54. The first kappa shape index (κ1) is 28.4. The Morgan fingerprint density at radius 1 is 0.353 bits per heavy atom. The third-order valence-electron chi connectivity index (χ3n) is 10.5. The fraction of sp³-hybridized carbons (Fsp3) is 0. The van der Waals surface area contributed by atoms with Crippen LogP contribution in [0.3, 0.4) is 0 Å². The summed E-state index contributed by atoms with van der Waals surface area (Å²) in [5.41, 5.74) is 12.2. The molecule has 0 fully saturated rings. The van der Waals surface area contributed by atoms with E-state index < -0.39 is 0 Å². The number of fused-ring (bicyclic) bond motifs is 9. The van der Waals surface area contributed by atoms with Crippen LogP contribution in [0.1, 0.15) is 0 Å². The molecule has 3 aromatic heterocycles. The van der Waals surface area contributed by atoms with Crippen molar-refractivity contribution in [1.29, 1.82) is 0 Å². The van der Waals surface area contributed by atoms with Crippen molar-refractivity contribution in [1.82, 2.24) is 9.13 Å². The summed E-state index contributed by atoms with van der Waals surface area (Å²) in [5, 5.41) is 7.64. The average molecular weight is 667 g/mol. The molecule has 11 rings (SSSR count). The molecule has 0 aliphatic carbocycles. The third-order valence-corrected chi connectivity index (χ3v) is 11.7. The number of thiophene rings is 1. The van der Waals surface area contributed by atoms with Crippen LogP contribution in [0, 0.1) is 0 Å². The van der Waals surface area contributed by atoms with Gasteiger partial charge in [-0.2, -0.15) is 0 Å². The molecule has 11 aromatic rings. The lowest BCUT2D eigenvalue weighted by Gasteiger charge is -2.14. The Hall–Kier alpha value is -6.42. The summed E-state index contributed by atoms with van der Waals surface area (Å²) in [6.07, 6.45) is 0. The standard InChI is InChI=1S/C48H30N2S/c1-2-13-31(14-3-1)32-15-12-16-33(29-32)35-26-28-45(47-39-20-7-11-24-46(39)51-48(35)47)50-43-23-10-6-19-38(43)40-30-34(25-27-44(40)50)49-41-21-8-4-17-36(41)37-18-5-9-22-42(37)49/h1-30H. The lowest BCUT2D eigenvalue weighted by atomic mass is 9.97. The molecule has 0 aliphatic rings. The number of rotatable bonds is 4. The monoisotopic (exact) mass is 666 g/mol. The highest BCUT2D eigenvalue weighted by Gasteiger charge is 2.21. The van der Waals surface area contributed by atoms with Crippen molar-refractivity contribution in [3.8, 4) is 33.6 Å². The van der Waals surface area contributed by atoms with Crippen LogP contribution in [0.25, 0.3) is 97.4 Å². The smallest absolute Gasteiger partial charge is 0.0555 e. The molecule has 0 bridgehead atoms. The van der Waals surface area contributed by atoms with Gasteiger partial charge in [-0.3, -0.25) is 0 Å². The number of nitrogens with zero attached hydrogens (tertiary/aromatic N) is 2. The molecular formula is C48H30N2S. The lowest BCUT2D eigenvalue weighted by Crippen LogP contribution is -1.97.